The van der Waals surface area contributed by atoms with E-state index in [9.17, 15) is 22.0 Å². The molecule has 0 aromatic heterocycles. The summed E-state index contributed by atoms with van der Waals surface area (Å²) >= 11 is 0. The van der Waals surface area contributed by atoms with Gasteiger partial charge in [0.15, 0.2) is 0 Å². The van der Waals surface area contributed by atoms with Crippen LogP contribution in [0, 0.1) is 17.8 Å². The van der Waals surface area contributed by atoms with Gasteiger partial charge in [-0.05, 0) is 31.6 Å². The van der Waals surface area contributed by atoms with Gasteiger partial charge >= 0.3 is 6.18 Å². The minimum Gasteiger partial charge on any atom is -0.207 e. The van der Waals surface area contributed by atoms with Crippen molar-refractivity contribution in [2.24, 2.45) is 17.8 Å². The van der Waals surface area contributed by atoms with Gasteiger partial charge in [-0.3, -0.25) is 0 Å². The van der Waals surface area contributed by atoms with E-state index >= 15 is 0 Å². The quantitative estimate of drug-likeness (QED) is 0.534. The smallest absolute Gasteiger partial charge is 0.207 e. The van der Waals surface area contributed by atoms with E-state index < -0.39 is 18.0 Å². The molecule has 0 amide bonds. The Morgan fingerprint density at radius 3 is 1.65 bits per heavy atom. The first-order valence-electron chi connectivity index (χ1n) is 6.09. The highest BCUT2D eigenvalue weighted by Gasteiger charge is 2.47. The predicted molar refractivity (Wildman–Crippen MR) is 55.9 cm³/mol. The van der Waals surface area contributed by atoms with Crippen LogP contribution in [0.15, 0.2) is 0 Å². The van der Waals surface area contributed by atoms with Crippen LogP contribution >= 0.6 is 0 Å². The Morgan fingerprint density at radius 2 is 1.59 bits per heavy atom. The highest BCUT2D eigenvalue weighted by Crippen LogP contribution is 2.45. The lowest BCUT2D eigenvalue weighted by Crippen LogP contribution is -2.36. The van der Waals surface area contributed by atoms with E-state index in [1.807, 2.05) is 0 Å². The van der Waals surface area contributed by atoms with Crippen LogP contribution < -0.4 is 0 Å². The summed E-state index contributed by atoms with van der Waals surface area (Å²) in [5.41, 5.74) is 0. The molecule has 5 heteroatoms. The van der Waals surface area contributed by atoms with Crippen molar-refractivity contribution in [1.29, 1.82) is 0 Å². The maximum Gasteiger partial charge on any atom is 0.392 e. The second kappa shape index (κ2) is 5.11. The zero-order valence-electron chi connectivity index (χ0n) is 10.2. The summed E-state index contributed by atoms with van der Waals surface area (Å²) in [4.78, 5) is 0. The molecule has 0 spiro atoms. The van der Waals surface area contributed by atoms with Gasteiger partial charge in [-0.2, -0.15) is 13.2 Å². The molecule has 0 N–H and O–H groups in total. The summed E-state index contributed by atoms with van der Waals surface area (Å²) in [5.74, 6) is -3.86. The minimum absolute atomic E-state index is 0.105. The van der Waals surface area contributed by atoms with E-state index in [2.05, 4.69) is 0 Å². The Morgan fingerprint density at radius 1 is 1.00 bits per heavy atom. The molecule has 2 saturated carbocycles. The van der Waals surface area contributed by atoms with Gasteiger partial charge in [0.05, 0.1) is 5.92 Å². The van der Waals surface area contributed by atoms with Crippen LogP contribution in [-0.2, 0) is 0 Å². The molecule has 2 fully saturated rings. The maximum atomic E-state index is 12.3. The predicted octanol–water partition coefficient (Wildman–Crippen LogP) is 5.04. The van der Waals surface area contributed by atoms with E-state index in [4.69, 9.17) is 0 Å². The molecule has 102 valence electrons. The van der Waals surface area contributed by atoms with Crippen LogP contribution in [-0.4, -0.2) is 12.1 Å². The Hall–Kier alpha value is -0.350. The minimum atomic E-state index is -3.93. The van der Waals surface area contributed by atoms with Crippen molar-refractivity contribution in [2.45, 2.75) is 58.1 Å². The molecule has 2 rings (SSSR count). The summed E-state index contributed by atoms with van der Waals surface area (Å²) < 4.78 is 59.9. The lowest BCUT2D eigenvalue weighted by atomic mass is 9.74. The monoisotopic (exact) mass is 258 g/mol. The highest BCUT2D eigenvalue weighted by atomic mass is 19.4. The van der Waals surface area contributed by atoms with Crippen LogP contribution in [0.2, 0.25) is 0 Å². The Bertz CT molecular complexity index is 246. The molecular weight excluding hydrogens is 239 g/mol. The molecule has 0 radical (unpaired) electrons. The number of hydrogen-bond acceptors (Lipinski definition) is 0. The van der Waals surface area contributed by atoms with Crippen molar-refractivity contribution in [3.8, 4) is 0 Å². The first-order chi connectivity index (χ1) is 7.64. The molecule has 0 nitrogen and oxygen atoms in total. The highest BCUT2D eigenvalue weighted by molar-refractivity contribution is 4.82. The molecular formula is C12H19F5. The van der Waals surface area contributed by atoms with Gasteiger partial charge in [0.2, 0.25) is 0 Å². The molecule has 3 unspecified atom stereocenters. The van der Waals surface area contributed by atoms with Crippen molar-refractivity contribution in [2.75, 3.05) is 0 Å². The molecule has 0 aromatic carbocycles. The molecule has 3 atom stereocenters. The lowest BCUT2D eigenvalue weighted by Gasteiger charge is -2.35. The zero-order valence-corrected chi connectivity index (χ0v) is 10.2. The normalized spacial score (nSPS) is 35.8. The fraction of sp³-hybridized carbons (Fsp3) is 1.00. The third-order valence-electron chi connectivity index (χ3n) is 3.91. The first-order valence-corrected chi connectivity index (χ1v) is 6.09. The molecule has 0 bridgehead atoms. The summed E-state index contributed by atoms with van der Waals surface area (Å²) in [6.07, 6.45) is -1.35. The van der Waals surface area contributed by atoms with E-state index in [1.165, 1.54) is 0 Å². The first kappa shape index (κ1) is 14.7. The number of alkyl halides is 5. The molecule has 2 aliphatic rings. The SMILES string of the molecule is CC1CCC1C(F)(F)F.CC1CCCC1(F)F. The molecule has 0 saturated heterocycles. The number of hydrogen-bond donors (Lipinski definition) is 0. The second-order valence-corrected chi connectivity index (χ2v) is 5.26. The van der Waals surface area contributed by atoms with Gasteiger partial charge in [-0.1, -0.05) is 13.8 Å². The fourth-order valence-electron chi connectivity index (χ4n) is 2.25. The Balaban J connectivity index is 0.000000171. The van der Waals surface area contributed by atoms with Crippen LogP contribution in [0.3, 0.4) is 0 Å². The largest absolute Gasteiger partial charge is 0.392 e. The second-order valence-electron chi connectivity index (χ2n) is 5.26. The molecule has 2 aliphatic carbocycles. The van der Waals surface area contributed by atoms with Crippen molar-refractivity contribution in [1.82, 2.24) is 0 Å². The molecule has 0 aromatic rings. The molecule has 17 heavy (non-hydrogen) atoms. The van der Waals surface area contributed by atoms with Crippen molar-refractivity contribution in [3.05, 3.63) is 0 Å². The summed E-state index contributed by atoms with van der Waals surface area (Å²) in [7, 11) is 0. The van der Waals surface area contributed by atoms with Crippen molar-refractivity contribution >= 4 is 0 Å². The fourth-order valence-corrected chi connectivity index (χ4v) is 2.25. The molecule has 0 heterocycles. The third-order valence-corrected chi connectivity index (χ3v) is 3.91. The van der Waals surface area contributed by atoms with Gasteiger partial charge in [0, 0.05) is 12.3 Å². The maximum absolute atomic E-state index is 12.3. The van der Waals surface area contributed by atoms with Gasteiger partial charge < -0.3 is 0 Å². The summed E-state index contributed by atoms with van der Waals surface area (Å²) in [6, 6.07) is 0. The summed E-state index contributed by atoms with van der Waals surface area (Å²) in [6.45, 7) is 3.27. The van der Waals surface area contributed by atoms with Gasteiger partial charge in [0.25, 0.3) is 5.92 Å². The number of halogens is 5. The Kier molecular flexibility index (Phi) is 4.42. The summed E-state index contributed by atoms with van der Waals surface area (Å²) in [5, 5.41) is 0. The Labute approximate surface area is 98.6 Å². The third kappa shape index (κ3) is 3.81. The average Bonchev–Trinajstić information content (AvgIpc) is 2.41. The van der Waals surface area contributed by atoms with Crippen LogP contribution in [0.25, 0.3) is 0 Å². The topological polar surface area (TPSA) is 0 Å². The van der Waals surface area contributed by atoms with Gasteiger partial charge in [-0.25, -0.2) is 8.78 Å². The van der Waals surface area contributed by atoms with Crippen LogP contribution in [0.4, 0.5) is 22.0 Å². The lowest BCUT2D eigenvalue weighted by molar-refractivity contribution is -0.210. The zero-order chi connectivity index (χ0) is 13.3. The van der Waals surface area contributed by atoms with E-state index in [0.717, 1.165) is 6.42 Å². The molecule has 0 aliphatic heterocycles. The van der Waals surface area contributed by atoms with Crippen molar-refractivity contribution in [3.63, 3.8) is 0 Å². The van der Waals surface area contributed by atoms with E-state index in [1.54, 1.807) is 13.8 Å². The standard InChI is InChI=1S/C6H9F3.C6H10F2/c1-4-2-3-5(4)6(7,8)9;1-5-3-2-4-6(5,7)8/h4-5H,2-3H2,1H3;5H,2-4H2,1H3. The van der Waals surface area contributed by atoms with Gasteiger partial charge in [0.1, 0.15) is 0 Å². The van der Waals surface area contributed by atoms with E-state index in [-0.39, 0.29) is 18.3 Å². The van der Waals surface area contributed by atoms with Gasteiger partial charge in [-0.15, -0.1) is 0 Å². The van der Waals surface area contributed by atoms with Crippen LogP contribution in [0.1, 0.15) is 46.0 Å². The number of rotatable bonds is 0. The van der Waals surface area contributed by atoms with Crippen LogP contribution in [0.5, 0.6) is 0 Å². The van der Waals surface area contributed by atoms with E-state index in [0.29, 0.717) is 19.3 Å². The average molecular weight is 258 g/mol. The van der Waals surface area contributed by atoms with Crippen molar-refractivity contribution < 1.29 is 22.0 Å².